The SMILES string of the molecule is COC(=O)C1(Cc2ccccc2)CCCC(=O)N1. The van der Waals surface area contributed by atoms with Crippen LogP contribution in [0, 0.1) is 0 Å². The lowest BCUT2D eigenvalue weighted by molar-refractivity contribution is -0.153. The molecule has 0 saturated carbocycles. The normalized spacial score (nSPS) is 23.3. The zero-order valence-corrected chi connectivity index (χ0v) is 10.4. The summed E-state index contributed by atoms with van der Waals surface area (Å²) in [5, 5.41) is 2.82. The molecular formula is C14H17NO3. The number of benzene rings is 1. The van der Waals surface area contributed by atoms with Gasteiger partial charge in [-0.15, -0.1) is 0 Å². The molecule has 4 heteroatoms. The molecule has 1 amide bonds. The Morgan fingerprint density at radius 2 is 2.11 bits per heavy atom. The van der Waals surface area contributed by atoms with Gasteiger partial charge in [-0.25, -0.2) is 4.79 Å². The van der Waals surface area contributed by atoms with Crippen LogP contribution in [-0.2, 0) is 20.7 Å². The molecule has 1 unspecified atom stereocenters. The van der Waals surface area contributed by atoms with Gasteiger partial charge >= 0.3 is 5.97 Å². The van der Waals surface area contributed by atoms with Crippen molar-refractivity contribution in [2.24, 2.45) is 0 Å². The first-order valence-electron chi connectivity index (χ1n) is 6.10. The summed E-state index contributed by atoms with van der Waals surface area (Å²) in [5.74, 6) is -0.443. The van der Waals surface area contributed by atoms with E-state index in [2.05, 4.69) is 5.32 Å². The Kier molecular flexibility index (Phi) is 3.65. The molecule has 0 radical (unpaired) electrons. The highest BCUT2D eigenvalue weighted by Gasteiger charge is 2.43. The smallest absolute Gasteiger partial charge is 0.331 e. The molecule has 1 aromatic carbocycles. The fourth-order valence-electron chi connectivity index (χ4n) is 2.44. The lowest BCUT2D eigenvalue weighted by Crippen LogP contribution is -2.58. The number of carbonyl (C=O) groups excluding carboxylic acids is 2. The summed E-state index contributed by atoms with van der Waals surface area (Å²) in [6.07, 6.45) is 2.30. The minimum Gasteiger partial charge on any atom is -0.467 e. The number of methoxy groups -OCH3 is 1. The van der Waals surface area contributed by atoms with E-state index in [1.807, 2.05) is 30.3 Å². The second-order valence-corrected chi connectivity index (χ2v) is 4.64. The number of esters is 1. The van der Waals surface area contributed by atoms with Crippen LogP contribution >= 0.6 is 0 Å². The van der Waals surface area contributed by atoms with Crippen LogP contribution in [-0.4, -0.2) is 24.5 Å². The molecule has 0 spiro atoms. The zero-order valence-electron chi connectivity index (χ0n) is 10.4. The molecule has 0 aliphatic carbocycles. The number of piperidine rings is 1. The van der Waals surface area contributed by atoms with Gasteiger partial charge in [0.05, 0.1) is 7.11 Å². The van der Waals surface area contributed by atoms with Crippen molar-refractivity contribution < 1.29 is 14.3 Å². The summed E-state index contributed by atoms with van der Waals surface area (Å²) in [5.41, 5.74) is 0.121. The van der Waals surface area contributed by atoms with Crippen molar-refractivity contribution in [3.8, 4) is 0 Å². The van der Waals surface area contributed by atoms with Gasteiger partial charge in [0.15, 0.2) is 0 Å². The molecule has 4 nitrogen and oxygen atoms in total. The summed E-state index contributed by atoms with van der Waals surface area (Å²) in [6, 6.07) is 9.67. The van der Waals surface area contributed by atoms with E-state index in [1.54, 1.807) is 0 Å². The second-order valence-electron chi connectivity index (χ2n) is 4.64. The summed E-state index contributed by atoms with van der Waals surface area (Å²) in [6.45, 7) is 0. The maximum Gasteiger partial charge on any atom is 0.331 e. The largest absolute Gasteiger partial charge is 0.467 e. The van der Waals surface area contributed by atoms with Crippen molar-refractivity contribution in [3.63, 3.8) is 0 Å². The van der Waals surface area contributed by atoms with Crippen LogP contribution in [0.25, 0.3) is 0 Å². The number of rotatable bonds is 3. The third-order valence-electron chi connectivity index (χ3n) is 3.31. The minimum atomic E-state index is -0.897. The van der Waals surface area contributed by atoms with Crippen LogP contribution in [0.5, 0.6) is 0 Å². The maximum atomic E-state index is 12.0. The fraction of sp³-hybridized carbons (Fsp3) is 0.429. The molecule has 2 rings (SSSR count). The average molecular weight is 247 g/mol. The third-order valence-corrected chi connectivity index (χ3v) is 3.31. The molecule has 1 fully saturated rings. The number of hydrogen-bond donors (Lipinski definition) is 1. The van der Waals surface area contributed by atoms with Crippen molar-refractivity contribution in [1.29, 1.82) is 0 Å². The monoisotopic (exact) mass is 247 g/mol. The molecule has 1 heterocycles. The highest BCUT2D eigenvalue weighted by atomic mass is 16.5. The molecular weight excluding hydrogens is 230 g/mol. The molecule has 96 valence electrons. The van der Waals surface area contributed by atoms with E-state index in [9.17, 15) is 9.59 Å². The number of hydrogen-bond acceptors (Lipinski definition) is 3. The third kappa shape index (κ3) is 2.53. The van der Waals surface area contributed by atoms with E-state index < -0.39 is 5.54 Å². The molecule has 1 saturated heterocycles. The first kappa shape index (κ1) is 12.6. The van der Waals surface area contributed by atoms with Gasteiger partial charge in [-0.3, -0.25) is 4.79 Å². The van der Waals surface area contributed by atoms with Crippen LogP contribution in [0.2, 0.25) is 0 Å². The lowest BCUT2D eigenvalue weighted by atomic mass is 9.83. The summed E-state index contributed by atoms with van der Waals surface area (Å²) >= 11 is 0. The highest BCUT2D eigenvalue weighted by Crippen LogP contribution is 2.25. The van der Waals surface area contributed by atoms with Gasteiger partial charge in [-0.05, 0) is 18.4 Å². The van der Waals surface area contributed by atoms with Gasteiger partial charge in [-0.1, -0.05) is 30.3 Å². The van der Waals surface area contributed by atoms with Crippen LogP contribution in [0.1, 0.15) is 24.8 Å². The molecule has 1 atom stereocenters. The quantitative estimate of drug-likeness (QED) is 0.822. The topological polar surface area (TPSA) is 55.4 Å². The number of amides is 1. The average Bonchev–Trinajstić information content (AvgIpc) is 2.39. The van der Waals surface area contributed by atoms with Crippen LogP contribution in [0.4, 0.5) is 0 Å². The predicted octanol–water partition coefficient (Wildman–Crippen LogP) is 1.44. The maximum absolute atomic E-state index is 12.0. The van der Waals surface area contributed by atoms with E-state index in [-0.39, 0.29) is 11.9 Å². The van der Waals surface area contributed by atoms with Crippen molar-refractivity contribution >= 4 is 11.9 Å². The molecule has 1 aliphatic rings. The van der Waals surface area contributed by atoms with Gasteiger partial charge in [0, 0.05) is 12.8 Å². The van der Waals surface area contributed by atoms with Crippen LogP contribution < -0.4 is 5.32 Å². The van der Waals surface area contributed by atoms with Crippen LogP contribution in [0.3, 0.4) is 0 Å². The van der Waals surface area contributed by atoms with Gasteiger partial charge < -0.3 is 10.1 Å². The fourth-order valence-corrected chi connectivity index (χ4v) is 2.44. The van der Waals surface area contributed by atoms with Gasteiger partial charge in [0.2, 0.25) is 5.91 Å². The Morgan fingerprint density at radius 1 is 1.39 bits per heavy atom. The molecule has 1 aromatic rings. The molecule has 1 N–H and O–H groups in total. The zero-order chi connectivity index (χ0) is 13.0. The van der Waals surface area contributed by atoms with E-state index in [0.29, 0.717) is 25.7 Å². The van der Waals surface area contributed by atoms with Crippen molar-refractivity contribution in [1.82, 2.24) is 5.32 Å². The first-order valence-corrected chi connectivity index (χ1v) is 6.10. The van der Waals surface area contributed by atoms with E-state index in [4.69, 9.17) is 4.74 Å². The molecule has 1 aliphatic heterocycles. The molecule has 18 heavy (non-hydrogen) atoms. The Bertz CT molecular complexity index is 444. The summed E-state index contributed by atoms with van der Waals surface area (Å²) in [7, 11) is 1.36. The lowest BCUT2D eigenvalue weighted by Gasteiger charge is -2.35. The van der Waals surface area contributed by atoms with Gasteiger partial charge in [0.25, 0.3) is 0 Å². The predicted molar refractivity (Wildman–Crippen MR) is 66.9 cm³/mol. The first-order chi connectivity index (χ1) is 8.66. The van der Waals surface area contributed by atoms with Crippen molar-refractivity contribution in [2.45, 2.75) is 31.2 Å². The minimum absolute atomic E-state index is 0.0809. The van der Waals surface area contributed by atoms with Crippen molar-refractivity contribution in [3.05, 3.63) is 35.9 Å². The van der Waals surface area contributed by atoms with Crippen LogP contribution in [0.15, 0.2) is 30.3 Å². The second kappa shape index (κ2) is 5.21. The van der Waals surface area contributed by atoms with Gasteiger partial charge in [-0.2, -0.15) is 0 Å². The Labute approximate surface area is 106 Å². The number of nitrogens with one attached hydrogen (secondary N) is 1. The summed E-state index contributed by atoms with van der Waals surface area (Å²) < 4.78 is 4.86. The van der Waals surface area contributed by atoms with E-state index >= 15 is 0 Å². The highest BCUT2D eigenvalue weighted by molar-refractivity contribution is 5.89. The standard InChI is InChI=1S/C14H17NO3/c1-18-13(17)14(9-5-8-12(16)15-14)10-11-6-3-2-4-7-11/h2-4,6-7H,5,8-10H2,1H3,(H,15,16). The number of ether oxygens (including phenoxy) is 1. The summed E-state index contributed by atoms with van der Waals surface area (Å²) in [4.78, 5) is 23.6. The Balaban J connectivity index is 2.25. The Morgan fingerprint density at radius 3 is 2.72 bits per heavy atom. The van der Waals surface area contributed by atoms with E-state index in [0.717, 1.165) is 5.56 Å². The van der Waals surface area contributed by atoms with Crippen molar-refractivity contribution in [2.75, 3.05) is 7.11 Å². The Hall–Kier alpha value is -1.84. The van der Waals surface area contributed by atoms with E-state index in [1.165, 1.54) is 7.11 Å². The molecule has 0 aromatic heterocycles. The number of carbonyl (C=O) groups is 2. The van der Waals surface area contributed by atoms with Gasteiger partial charge in [0.1, 0.15) is 5.54 Å². The molecule has 0 bridgehead atoms.